The van der Waals surface area contributed by atoms with Crippen LogP contribution < -0.4 is 0 Å². The molecule has 1 heteroatoms. The highest BCUT2D eigenvalue weighted by atomic mass is 15.1. The summed E-state index contributed by atoms with van der Waals surface area (Å²) in [6.07, 6.45) is 1.19. The Morgan fingerprint density at radius 3 is 2.42 bits per heavy atom. The second-order valence-corrected chi connectivity index (χ2v) is 5.66. The predicted molar refractivity (Wildman–Crippen MR) is 80.3 cm³/mol. The fourth-order valence-corrected chi connectivity index (χ4v) is 3.09. The van der Waals surface area contributed by atoms with Gasteiger partial charge in [-0.3, -0.25) is 4.90 Å². The van der Waals surface area contributed by atoms with Gasteiger partial charge in [-0.1, -0.05) is 54.6 Å². The monoisotopic (exact) mass is 251 g/mol. The number of nitrogens with zero attached hydrogens (tertiary/aromatic N) is 1. The topological polar surface area (TPSA) is 3.24 Å². The normalized spacial score (nSPS) is 23.7. The smallest absolute Gasteiger partial charge is 0.0236 e. The maximum Gasteiger partial charge on any atom is 0.0236 e. The number of benzene rings is 2. The van der Waals surface area contributed by atoms with E-state index in [0.717, 1.165) is 6.54 Å². The lowest BCUT2D eigenvalue weighted by molar-refractivity contribution is 0.242. The summed E-state index contributed by atoms with van der Waals surface area (Å²) < 4.78 is 0. The summed E-state index contributed by atoms with van der Waals surface area (Å²) in [7, 11) is 2.23. The van der Waals surface area contributed by atoms with Crippen LogP contribution in [-0.4, -0.2) is 18.0 Å². The number of fused-ring (bicyclic) bond motifs is 1. The molecule has 2 aromatic rings. The Morgan fingerprint density at radius 2 is 1.63 bits per heavy atom. The van der Waals surface area contributed by atoms with Crippen molar-refractivity contribution in [1.29, 1.82) is 0 Å². The molecule has 19 heavy (non-hydrogen) atoms. The molecule has 1 aliphatic rings. The zero-order valence-corrected chi connectivity index (χ0v) is 11.7. The van der Waals surface area contributed by atoms with E-state index in [1.807, 2.05) is 0 Å². The fourth-order valence-electron chi connectivity index (χ4n) is 3.09. The first kappa shape index (κ1) is 12.4. The molecular weight excluding hydrogens is 230 g/mol. The molecule has 1 nitrogen and oxygen atoms in total. The molecule has 2 unspecified atom stereocenters. The highest BCUT2D eigenvalue weighted by Gasteiger charge is 2.25. The van der Waals surface area contributed by atoms with Crippen molar-refractivity contribution in [2.45, 2.75) is 31.8 Å². The van der Waals surface area contributed by atoms with Gasteiger partial charge in [-0.2, -0.15) is 0 Å². The Labute approximate surface area is 115 Å². The van der Waals surface area contributed by atoms with Crippen molar-refractivity contribution in [2.24, 2.45) is 0 Å². The lowest BCUT2D eigenvalue weighted by Gasteiger charge is -2.23. The number of hydrogen-bond acceptors (Lipinski definition) is 1. The summed E-state index contributed by atoms with van der Waals surface area (Å²) in [6.45, 7) is 3.39. The third-order valence-corrected chi connectivity index (χ3v) is 4.38. The van der Waals surface area contributed by atoms with E-state index >= 15 is 0 Å². The summed E-state index contributed by atoms with van der Waals surface area (Å²) in [5.74, 6) is 0.525. The van der Waals surface area contributed by atoms with E-state index in [1.54, 1.807) is 0 Å². The molecule has 0 saturated carbocycles. The second kappa shape index (κ2) is 5.18. The molecule has 98 valence electrons. The number of hydrogen-bond donors (Lipinski definition) is 0. The molecule has 0 saturated heterocycles. The van der Waals surface area contributed by atoms with Crippen LogP contribution in [-0.2, 0) is 6.54 Å². The standard InChI is InChI=1S/C18H21N/c1-14-12-18(15-8-4-3-5-9-15)17-11-7-6-10-16(17)13-19(14)2/h3-11,14,18H,12-13H2,1-2H3. The van der Waals surface area contributed by atoms with Crippen LogP contribution >= 0.6 is 0 Å². The Kier molecular flexibility index (Phi) is 3.39. The van der Waals surface area contributed by atoms with E-state index in [4.69, 9.17) is 0 Å². The molecule has 2 aromatic carbocycles. The molecule has 0 fully saturated rings. The van der Waals surface area contributed by atoms with Crippen molar-refractivity contribution in [1.82, 2.24) is 4.90 Å². The Bertz CT molecular complexity index is 547. The zero-order chi connectivity index (χ0) is 13.2. The molecular formula is C18H21N. The van der Waals surface area contributed by atoms with E-state index < -0.39 is 0 Å². The first-order valence-corrected chi connectivity index (χ1v) is 7.08. The van der Waals surface area contributed by atoms with Crippen LogP contribution in [0.1, 0.15) is 36.0 Å². The van der Waals surface area contributed by atoms with Gasteiger partial charge in [0.15, 0.2) is 0 Å². The second-order valence-electron chi connectivity index (χ2n) is 5.66. The van der Waals surface area contributed by atoms with Crippen LogP contribution in [0.3, 0.4) is 0 Å². The summed E-state index contributed by atoms with van der Waals surface area (Å²) in [4.78, 5) is 2.46. The van der Waals surface area contributed by atoms with Crippen molar-refractivity contribution in [2.75, 3.05) is 7.05 Å². The van der Waals surface area contributed by atoms with Gasteiger partial charge in [0.1, 0.15) is 0 Å². The molecule has 0 radical (unpaired) electrons. The summed E-state index contributed by atoms with van der Waals surface area (Å²) >= 11 is 0. The average molecular weight is 251 g/mol. The third kappa shape index (κ3) is 2.43. The van der Waals surface area contributed by atoms with E-state index in [1.165, 1.54) is 23.1 Å². The van der Waals surface area contributed by atoms with Crippen LogP contribution in [0.4, 0.5) is 0 Å². The molecule has 2 atom stereocenters. The number of rotatable bonds is 1. The fraction of sp³-hybridized carbons (Fsp3) is 0.333. The Hall–Kier alpha value is -1.60. The first-order chi connectivity index (χ1) is 9.25. The van der Waals surface area contributed by atoms with Gasteiger partial charge in [-0.25, -0.2) is 0 Å². The Balaban J connectivity index is 2.08. The van der Waals surface area contributed by atoms with Gasteiger partial charge >= 0.3 is 0 Å². The summed E-state index contributed by atoms with van der Waals surface area (Å²) in [5.41, 5.74) is 4.42. The van der Waals surface area contributed by atoms with Crippen LogP contribution in [0, 0.1) is 0 Å². The molecule has 0 bridgehead atoms. The van der Waals surface area contributed by atoms with Gasteiger partial charge in [-0.05, 0) is 37.1 Å². The third-order valence-electron chi connectivity index (χ3n) is 4.38. The van der Waals surface area contributed by atoms with E-state index in [-0.39, 0.29) is 0 Å². The highest BCUT2D eigenvalue weighted by molar-refractivity contribution is 5.39. The van der Waals surface area contributed by atoms with Gasteiger partial charge in [-0.15, -0.1) is 0 Å². The van der Waals surface area contributed by atoms with Crippen molar-refractivity contribution >= 4 is 0 Å². The minimum atomic E-state index is 0.525. The lowest BCUT2D eigenvalue weighted by atomic mass is 9.85. The average Bonchev–Trinajstić information content (AvgIpc) is 2.58. The van der Waals surface area contributed by atoms with Crippen LogP contribution in [0.25, 0.3) is 0 Å². The highest BCUT2D eigenvalue weighted by Crippen LogP contribution is 2.35. The first-order valence-electron chi connectivity index (χ1n) is 7.08. The van der Waals surface area contributed by atoms with Crippen molar-refractivity contribution in [3.8, 4) is 0 Å². The molecule has 3 rings (SSSR count). The lowest BCUT2D eigenvalue weighted by Crippen LogP contribution is -2.27. The largest absolute Gasteiger partial charge is 0.299 e. The van der Waals surface area contributed by atoms with Crippen molar-refractivity contribution in [3.63, 3.8) is 0 Å². The molecule has 0 spiro atoms. The van der Waals surface area contributed by atoms with Crippen molar-refractivity contribution < 1.29 is 0 Å². The maximum absolute atomic E-state index is 2.46. The van der Waals surface area contributed by atoms with Gasteiger partial charge in [0.05, 0.1) is 0 Å². The van der Waals surface area contributed by atoms with Crippen LogP contribution in [0.2, 0.25) is 0 Å². The SMILES string of the molecule is CC1CC(c2ccccc2)c2ccccc2CN1C. The quantitative estimate of drug-likeness (QED) is 0.739. The molecule has 1 heterocycles. The summed E-state index contributed by atoms with van der Waals surface area (Å²) in [5, 5.41) is 0. The minimum Gasteiger partial charge on any atom is -0.299 e. The van der Waals surface area contributed by atoms with E-state index in [2.05, 4.69) is 73.5 Å². The van der Waals surface area contributed by atoms with Gasteiger partial charge in [0.2, 0.25) is 0 Å². The predicted octanol–water partition coefficient (Wildman–Crippen LogP) is 4.04. The van der Waals surface area contributed by atoms with Crippen LogP contribution in [0.5, 0.6) is 0 Å². The maximum atomic E-state index is 2.46. The zero-order valence-electron chi connectivity index (χ0n) is 11.7. The van der Waals surface area contributed by atoms with Gasteiger partial charge in [0.25, 0.3) is 0 Å². The molecule has 0 aromatic heterocycles. The van der Waals surface area contributed by atoms with Gasteiger partial charge < -0.3 is 0 Å². The molecule has 0 aliphatic carbocycles. The summed E-state index contributed by atoms with van der Waals surface area (Å²) in [6, 6.07) is 20.4. The van der Waals surface area contributed by atoms with Crippen molar-refractivity contribution in [3.05, 3.63) is 71.3 Å². The van der Waals surface area contributed by atoms with Gasteiger partial charge in [0, 0.05) is 18.5 Å². The Morgan fingerprint density at radius 1 is 0.947 bits per heavy atom. The molecule has 0 amide bonds. The molecule has 0 N–H and O–H groups in total. The minimum absolute atomic E-state index is 0.525. The van der Waals surface area contributed by atoms with E-state index in [9.17, 15) is 0 Å². The van der Waals surface area contributed by atoms with E-state index in [0.29, 0.717) is 12.0 Å². The molecule has 1 aliphatic heterocycles. The van der Waals surface area contributed by atoms with Crippen LogP contribution in [0.15, 0.2) is 54.6 Å².